The summed E-state index contributed by atoms with van der Waals surface area (Å²) in [5.41, 5.74) is 1.65. The number of halogens is 1. The minimum atomic E-state index is -0.499. The predicted molar refractivity (Wildman–Crippen MR) is 111 cm³/mol. The normalized spacial score (nSPS) is 15.2. The van der Waals surface area contributed by atoms with Gasteiger partial charge in [0.1, 0.15) is 16.7 Å². The standard InChI is InChI=1S/C19H17ClN8O2/c20-14-4-3-12(9-21-14)24-15-6-16(22-7-10-1-2-10)28-17(26-15)11(8-23-28)5-13-18(29)27-19(30)25-13/h3-6,8-10,24,29H,1-2,7H2,(H2,25,27,30)/b11-5-,22-16?. The van der Waals surface area contributed by atoms with Gasteiger partial charge in [-0.05, 0) is 37.0 Å². The lowest BCUT2D eigenvalue weighted by atomic mass is 10.3. The molecule has 152 valence electrons. The molecule has 0 amide bonds. The van der Waals surface area contributed by atoms with Crippen LogP contribution in [0.3, 0.4) is 0 Å². The van der Waals surface area contributed by atoms with Gasteiger partial charge in [-0.15, -0.1) is 0 Å². The number of imidazole rings is 1. The molecule has 10 nitrogen and oxygen atoms in total. The van der Waals surface area contributed by atoms with Gasteiger partial charge < -0.3 is 15.4 Å². The SMILES string of the molecule is O=c1[nH]c(O)c(/C=c2/cnn3c(=NCC4CC4)cc(Nc4ccc(Cl)nc4)nc23)[nH]1. The molecule has 0 radical (unpaired) electrons. The summed E-state index contributed by atoms with van der Waals surface area (Å²) in [6.07, 6.45) is 7.20. The van der Waals surface area contributed by atoms with Gasteiger partial charge >= 0.3 is 5.69 Å². The summed E-state index contributed by atoms with van der Waals surface area (Å²) in [6.45, 7) is 0.728. The Hall–Kier alpha value is -3.66. The summed E-state index contributed by atoms with van der Waals surface area (Å²) in [5.74, 6) is 0.927. The highest BCUT2D eigenvalue weighted by Crippen LogP contribution is 2.28. The summed E-state index contributed by atoms with van der Waals surface area (Å²) < 4.78 is 1.64. The van der Waals surface area contributed by atoms with Gasteiger partial charge in [0.25, 0.3) is 0 Å². The van der Waals surface area contributed by atoms with Crippen LogP contribution in [-0.2, 0) is 0 Å². The molecule has 5 rings (SSSR count). The van der Waals surface area contributed by atoms with Crippen LogP contribution in [0.2, 0.25) is 5.15 Å². The summed E-state index contributed by atoms with van der Waals surface area (Å²) in [6, 6.07) is 5.30. The van der Waals surface area contributed by atoms with E-state index in [0.717, 1.165) is 12.2 Å². The molecule has 1 saturated carbocycles. The number of aromatic hydroxyl groups is 1. The molecule has 4 aromatic rings. The first-order chi connectivity index (χ1) is 14.5. The van der Waals surface area contributed by atoms with E-state index in [1.165, 1.54) is 12.8 Å². The van der Waals surface area contributed by atoms with Crippen LogP contribution in [0, 0.1) is 5.92 Å². The summed E-state index contributed by atoms with van der Waals surface area (Å²) in [5, 5.41) is 18.5. The van der Waals surface area contributed by atoms with Gasteiger partial charge in [0, 0.05) is 17.8 Å². The van der Waals surface area contributed by atoms with Crippen molar-refractivity contribution in [1.29, 1.82) is 0 Å². The van der Waals surface area contributed by atoms with E-state index in [9.17, 15) is 9.90 Å². The maximum atomic E-state index is 11.4. The van der Waals surface area contributed by atoms with Crippen molar-refractivity contribution in [1.82, 2.24) is 29.5 Å². The number of aromatic nitrogens is 6. The maximum absolute atomic E-state index is 11.4. The molecule has 30 heavy (non-hydrogen) atoms. The molecule has 1 aliphatic carbocycles. The van der Waals surface area contributed by atoms with E-state index in [1.807, 2.05) is 6.07 Å². The van der Waals surface area contributed by atoms with Crippen molar-refractivity contribution in [3.8, 4) is 5.88 Å². The first-order valence-corrected chi connectivity index (χ1v) is 9.74. The van der Waals surface area contributed by atoms with Crippen LogP contribution in [0.5, 0.6) is 5.88 Å². The molecular weight excluding hydrogens is 408 g/mol. The first-order valence-electron chi connectivity index (χ1n) is 9.36. The molecule has 0 spiro atoms. The Bertz CT molecular complexity index is 1400. The molecule has 4 aromatic heterocycles. The quantitative estimate of drug-likeness (QED) is 0.354. The van der Waals surface area contributed by atoms with E-state index < -0.39 is 5.69 Å². The molecular formula is C19H17ClN8O2. The third-order valence-corrected chi connectivity index (χ3v) is 4.95. The number of aromatic amines is 2. The van der Waals surface area contributed by atoms with Crippen molar-refractivity contribution in [2.75, 3.05) is 11.9 Å². The van der Waals surface area contributed by atoms with Crippen LogP contribution in [0.25, 0.3) is 11.7 Å². The molecule has 4 N–H and O–H groups in total. The van der Waals surface area contributed by atoms with Crippen LogP contribution in [0.1, 0.15) is 18.5 Å². The number of nitrogens with one attached hydrogen (secondary N) is 3. The molecule has 11 heteroatoms. The number of pyridine rings is 1. The lowest BCUT2D eigenvalue weighted by Gasteiger charge is -2.06. The summed E-state index contributed by atoms with van der Waals surface area (Å²) >= 11 is 5.86. The lowest BCUT2D eigenvalue weighted by molar-refractivity contribution is 0.454. The largest absolute Gasteiger partial charge is 0.493 e. The van der Waals surface area contributed by atoms with Crippen molar-refractivity contribution in [3.63, 3.8) is 0 Å². The van der Waals surface area contributed by atoms with Crippen molar-refractivity contribution in [2.45, 2.75) is 12.8 Å². The fourth-order valence-electron chi connectivity index (χ4n) is 3.01. The van der Waals surface area contributed by atoms with Gasteiger partial charge in [0.15, 0.2) is 11.1 Å². The number of anilines is 2. The minimum Gasteiger partial charge on any atom is -0.493 e. The van der Waals surface area contributed by atoms with Gasteiger partial charge in [0.2, 0.25) is 5.88 Å². The number of hydrogen-bond donors (Lipinski definition) is 4. The van der Waals surface area contributed by atoms with Crippen LogP contribution in [0.15, 0.2) is 40.4 Å². The van der Waals surface area contributed by atoms with Crippen molar-refractivity contribution < 1.29 is 5.11 Å². The Morgan fingerprint density at radius 1 is 1.33 bits per heavy atom. The first kappa shape index (κ1) is 18.4. The number of fused-ring (bicyclic) bond motifs is 1. The molecule has 0 aliphatic heterocycles. The second-order valence-corrected chi connectivity index (χ2v) is 7.49. The second-order valence-electron chi connectivity index (χ2n) is 7.10. The number of rotatable bonds is 5. The number of hydrogen-bond acceptors (Lipinski definition) is 7. The van der Waals surface area contributed by atoms with Gasteiger partial charge in [-0.25, -0.2) is 14.8 Å². The maximum Gasteiger partial charge on any atom is 0.326 e. The van der Waals surface area contributed by atoms with Crippen molar-refractivity contribution >= 4 is 34.8 Å². The van der Waals surface area contributed by atoms with Crippen molar-refractivity contribution in [2.24, 2.45) is 10.9 Å². The van der Waals surface area contributed by atoms with Gasteiger partial charge in [-0.1, -0.05) is 11.6 Å². The van der Waals surface area contributed by atoms with Crippen LogP contribution in [-0.4, -0.2) is 41.2 Å². The lowest BCUT2D eigenvalue weighted by Crippen LogP contribution is -2.20. The van der Waals surface area contributed by atoms with Crippen molar-refractivity contribution in [3.05, 3.63) is 62.6 Å². The molecule has 0 atom stereocenters. The summed E-state index contributed by atoms with van der Waals surface area (Å²) in [4.78, 5) is 29.7. The second kappa shape index (κ2) is 7.30. The van der Waals surface area contributed by atoms with E-state index in [0.29, 0.717) is 33.2 Å². The topological polar surface area (TPSA) is 136 Å². The van der Waals surface area contributed by atoms with E-state index >= 15 is 0 Å². The average molecular weight is 425 g/mol. The highest BCUT2D eigenvalue weighted by Gasteiger charge is 2.20. The number of nitrogens with zero attached hydrogens (tertiary/aromatic N) is 5. The summed E-state index contributed by atoms with van der Waals surface area (Å²) in [7, 11) is 0. The average Bonchev–Trinajstić information content (AvgIpc) is 3.39. The van der Waals surface area contributed by atoms with Gasteiger partial charge in [-0.3, -0.25) is 9.98 Å². The fraction of sp³-hybridized carbons (Fsp3) is 0.211. The van der Waals surface area contributed by atoms with E-state index in [2.05, 4.69) is 30.4 Å². The smallest absolute Gasteiger partial charge is 0.326 e. The van der Waals surface area contributed by atoms with Gasteiger partial charge in [0.05, 0.1) is 18.1 Å². The Morgan fingerprint density at radius 3 is 2.90 bits per heavy atom. The molecule has 0 saturated heterocycles. The zero-order valence-electron chi connectivity index (χ0n) is 15.6. The third kappa shape index (κ3) is 3.77. The highest BCUT2D eigenvalue weighted by atomic mass is 35.5. The molecule has 0 aromatic carbocycles. The predicted octanol–water partition coefficient (Wildman–Crippen LogP) is 1.10. The molecule has 1 aliphatic rings. The van der Waals surface area contributed by atoms with Crippen LogP contribution < -0.4 is 21.7 Å². The number of H-pyrrole nitrogens is 2. The van der Waals surface area contributed by atoms with Crippen LogP contribution in [0.4, 0.5) is 11.5 Å². The van der Waals surface area contributed by atoms with Gasteiger partial charge in [-0.2, -0.15) is 9.61 Å². The van der Waals surface area contributed by atoms with E-state index in [1.54, 1.807) is 35.1 Å². The van der Waals surface area contributed by atoms with Crippen LogP contribution >= 0.6 is 11.6 Å². The Morgan fingerprint density at radius 2 is 2.20 bits per heavy atom. The Balaban J connectivity index is 1.64. The van der Waals surface area contributed by atoms with E-state index in [-0.39, 0.29) is 11.6 Å². The fourth-order valence-corrected chi connectivity index (χ4v) is 3.12. The Kier molecular flexibility index (Phi) is 4.47. The Labute approximate surface area is 174 Å². The highest BCUT2D eigenvalue weighted by molar-refractivity contribution is 6.29. The van der Waals surface area contributed by atoms with E-state index in [4.69, 9.17) is 16.6 Å². The molecule has 0 unspecified atom stereocenters. The minimum absolute atomic E-state index is 0.244. The third-order valence-electron chi connectivity index (χ3n) is 4.72. The monoisotopic (exact) mass is 424 g/mol. The zero-order valence-corrected chi connectivity index (χ0v) is 16.4. The molecule has 4 heterocycles. The molecule has 1 fully saturated rings. The molecule has 0 bridgehead atoms. The zero-order chi connectivity index (χ0) is 20.7.